The number of amides is 2. The molecule has 0 bridgehead atoms. The van der Waals surface area contributed by atoms with Gasteiger partial charge < -0.3 is 24.4 Å². The molecule has 45 heavy (non-hydrogen) atoms. The summed E-state index contributed by atoms with van der Waals surface area (Å²) in [6, 6.07) is 17.7. The van der Waals surface area contributed by atoms with Crippen molar-refractivity contribution < 1.29 is 32.2 Å². The maximum Gasteiger partial charge on any atom is 0.264 e. The van der Waals surface area contributed by atoms with E-state index >= 15 is 0 Å². The van der Waals surface area contributed by atoms with E-state index < -0.39 is 28.5 Å². The Labute approximate surface area is 266 Å². The van der Waals surface area contributed by atoms with Gasteiger partial charge in [-0.05, 0) is 75.6 Å². The Kier molecular flexibility index (Phi) is 11.3. The summed E-state index contributed by atoms with van der Waals surface area (Å²) < 4.78 is 45.8. The highest BCUT2D eigenvalue weighted by Gasteiger charge is 2.34. The highest BCUT2D eigenvalue weighted by molar-refractivity contribution is 7.92. The third-order valence-corrected chi connectivity index (χ3v) is 9.73. The summed E-state index contributed by atoms with van der Waals surface area (Å²) in [5, 5.41) is 3.09. The fourth-order valence-electron chi connectivity index (χ4n) is 5.49. The molecule has 4 rings (SSSR count). The van der Waals surface area contributed by atoms with Crippen molar-refractivity contribution in [3.8, 4) is 17.2 Å². The van der Waals surface area contributed by atoms with E-state index in [1.165, 1.54) is 37.3 Å². The molecule has 242 valence electrons. The number of benzene rings is 3. The summed E-state index contributed by atoms with van der Waals surface area (Å²) in [5.41, 5.74) is 2.11. The fourth-order valence-corrected chi connectivity index (χ4v) is 6.92. The number of nitrogens with one attached hydrogen (secondary N) is 1. The second kappa shape index (κ2) is 15.2. The number of hydrogen-bond acceptors (Lipinski definition) is 7. The largest absolute Gasteiger partial charge is 0.494 e. The summed E-state index contributed by atoms with van der Waals surface area (Å²) in [6.07, 6.45) is 3.91. The Morgan fingerprint density at radius 3 is 2.27 bits per heavy atom. The average Bonchev–Trinajstić information content (AvgIpc) is 3.55. The van der Waals surface area contributed by atoms with Gasteiger partial charge in [-0.15, -0.1) is 0 Å². The van der Waals surface area contributed by atoms with E-state index in [0.717, 1.165) is 41.1 Å². The van der Waals surface area contributed by atoms with Crippen LogP contribution in [0, 0.1) is 6.92 Å². The van der Waals surface area contributed by atoms with Gasteiger partial charge in [0.15, 0.2) is 11.5 Å². The number of hydrogen-bond donors (Lipinski definition) is 1. The first kappa shape index (κ1) is 33.6. The minimum Gasteiger partial charge on any atom is -0.494 e. The zero-order chi connectivity index (χ0) is 32.6. The SMILES string of the molecule is CCOc1ccc(N(CC(=O)N(Cc2cccc(C)c2)C(C)C(=O)NC2CCCC2)S(=O)(=O)c2ccc(OC)c(OC)c2)cc1. The molecular formula is C34H43N3O7S. The lowest BCUT2D eigenvalue weighted by molar-refractivity contribution is -0.139. The number of aryl methyl sites for hydroxylation is 1. The quantitative estimate of drug-likeness (QED) is 0.262. The molecule has 3 aromatic carbocycles. The van der Waals surface area contributed by atoms with E-state index in [9.17, 15) is 18.0 Å². The molecule has 1 N–H and O–H groups in total. The Morgan fingerprint density at radius 2 is 1.64 bits per heavy atom. The van der Waals surface area contributed by atoms with E-state index in [-0.39, 0.29) is 34.8 Å². The molecule has 2 amide bonds. The topological polar surface area (TPSA) is 114 Å². The highest BCUT2D eigenvalue weighted by Crippen LogP contribution is 2.33. The molecule has 0 radical (unpaired) electrons. The molecule has 1 aliphatic carbocycles. The molecular weight excluding hydrogens is 594 g/mol. The molecule has 0 heterocycles. The molecule has 1 saturated carbocycles. The lowest BCUT2D eigenvalue weighted by Gasteiger charge is -2.32. The summed E-state index contributed by atoms with van der Waals surface area (Å²) in [6.45, 7) is 5.52. The van der Waals surface area contributed by atoms with Crippen LogP contribution in [0.3, 0.4) is 0 Å². The van der Waals surface area contributed by atoms with Gasteiger partial charge in [0.1, 0.15) is 18.3 Å². The zero-order valence-electron chi connectivity index (χ0n) is 26.6. The molecule has 11 heteroatoms. The lowest BCUT2D eigenvalue weighted by Crippen LogP contribution is -2.52. The van der Waals surface area contributed by atoms with E-state index in [2.05, 4.69) is 5.32 Å². The van der Waals surface area contributed by atoms with Gasteiger partial charge >= 0.3 is 0 Å². The van der Waals surface area contributed by atoms with Crippen molar-refractivity contribution in [2.24, 2.45) is 0 Å². The molecule has 10 nitrogen and oxygen atoms in total. The summed E-state index contributed by atoms with van der Waals surface area (Å²) in [4.78, 5) is 29.0. The molecule has 1 fully saturated rings. The smallest absolute Gasteiger partial charge is 0.264 e. The number of sulfonamides is 1. The van der Waals surface area contributed by atoms with Crippen molar-refractivity contribution >= 4 is 27.5 Å². The summed E-state index contributed by atoms with van der Waals surface area (Å²) in [7, 11) is -1.42. The maximum absolute atomic E-state index is 14.3. The molecule has 0 aliphatic heterocycles. The minimum atomic E-state index is -4.30. The number of anilines is 1. The monoisotopic (exact) mass is 637 g/mol. The second-order valence-electron chi connectivity index (χ2n) is 11.1. The normalized spacial score (nSPS) is 14.0. The summed E-state index contributed by atoms with van der Waals surface area (Å²) in [5.74, 6) is 0.373. The van der Waals surface area contributed by atoms with Crippen molar-refractivity contribution in [3.63, 3.8) is 0 Å². The zero-order valence-corrected chi connectivity index (χ0v) is 27.4. The first-order chi connectivity index (χ1) is 21.6. The van der Waals surface area contributed by atoms with E-state index in [4.69, 9.17) is 14.2 Å². The van der Waals surface area contributed by atoms with Crippen LogP contribution in [-0.4, -0.2) is 64.6 Å². The van der Waals surface area contributed by atoms with Crippen LogP contribution in [0.1, 0.15) is 50.7 Å². The summed E-state index contributed by atoms with van der Waals surface area (Å²) >= 11 is 0. The van der Waals surface area contributed by atoms with E-state index in [1.807, 2.05) is 38.1 Å². The van der Waals surface area contributed by atoms with Crippen molar-refractivity contribution in [3.05, 3.63) is 77.9 Å². The number of carbonyl (C=O) groups is 2. The van der Waals surface area contributed by atoms with Crippen LogP contribution < -0.4 is 23.8 Å². The Bertz CT molecular complexity index is 1570. The van der Waals surface area contributed by atoms with Gasteiger partial charge in [0.2, 0.25) is 11.8 Å². The molecule has 0 saturated heterocycles. The predicted molar refractivity (Wildman–Crippen MR) is 173 cm³/mol. The van der Waals surface area contributed by atoms with Crippen molar-refractivity contribution in [1.29, 1.82) is 0 Å². The molecule has 0 aromatic heterocycles. The number of ether oxygens (including phenoxy) is 3. The van der Waals surface area contributed by atoms with Crippen molar-refractivity contribution in [2.75, 3.05) is 31.7 Å². The average molecular weight is 638 g/mol. The van der Waals surface area contributed by atoms with Crippen LogP contribution in [0.15, 0.2) is 71.6 Å². The Hall–Kier alpha value is -4.25. The van der Waals surface area contributed by atoms with Gasteiger partial charge in [-0.1, -0.05) is 42.7 Å². The lowest BCUT2D eigenvalue weighted by atomic mass is 10.1. The molecule has 1 unspecified atom stereocenters. The molecule has 1 aliphatic rings. The van der Waals surface area contributed by atoms with Gasteiger partial charge in [0.05, 0.1) is 31.4 Å². The Morgan fingerprint density at radius 1 is 0.956 bits per heavy atom. The maximum atomic E-state index is 14.3. The van der Waals surface area contributed by atoms with Gasteiger partial charge in [0, 0.05) is 18.7 Å². The van der Waals surface area contributed by atoms with Gasteiger partial charge in [-0.3, -0.25) is 13.9 Å². The first-order valence-electron chi connectivity index (χ1n) is 15.2. The van der Waals surface area contributed by atoms with Crippen molar-refractivity contribution in [2.45, 2.75) is 70.0 Å². The third-order valence-electron chi connectivity index (χ3n) is 7.96. The van der Waals surface area contributed by atoms with Crippen LogP contribution in [0.4, 0.5) is 5.69 Å². The van der Waals surface area contributed by atoms with Gasteiger partial charge in [-0.25, -0.2) is 8.42 Å². The Balaban J connectivity index is 1.72. The van der Waals surface area contributed by atoms with Crippen LogP contribution in [-0.2, 0) is 26.2 Å². The van der Waals surface area contributed by atoms with Crippen LogP contribution in [0.5, 0.6) is 17.2 Å². The minimum absolute atomic E-state index is 0.0710. The third kappa shape index (κ3) is 8.27. The van der Waals surface area contributed by atoms with E-state index in [0.29, 0.717) is 18.1 Å². The van der Waals surface area contributed by atoms with Gasteiger partial charge in [0.25, 0.3) is 10.0 Å². The van der Waals surface area contributed by atoms with Crippen LogP contribution in [0.25, 0.3) is 0 Å². The number of carbonyl (C=O) groups excluding carboxylic acids is 2. The molecule has 3 aromatic rings. The molecule has 1 atom stereocenters. The number of nitrogens with zero attached hydrogens (tertiary/aromatic N) is 2. The predicted octanol–water partition coefficient (Wildman–Crippen LogP) is 5.08. The van der Waals surface area contributed by atoms with Gasteiger partial charge in [-0.2, -0.15) is 0 Å². The van der Waals surface area contributed by atoms with Crippen molar-refractivity contribution in [1.82, 2.24) is 10.2 Å². The standard InChI is InChI=1S/C34H43N3O7S/c1-6-44-29-16-14-28(15-17-29)37(45(40,41)30-18-19-31(42-4)32(21-30)43-5)23-33(38)36(22-26-11-9-10-24(2)20-26)25(3)34(39)35-27-12-7-8-13-27/h9-11,14-21,25,27H,6-8,12-13,22-23H2,1-5H3,(H,35,39). The van der Waals surface area contributed by atoms with E-state index in [1.54, 1.807) is 31.2 Å². The van der Waals surface area contributed by atoms with Crippen LogP contribution >= 0.6 is 0 Å². The second-order valence-corrected chi connectivity index (χ2v) is 13.0. The highest BCUT2D eigenvalue weighted by atomic mass is 32.2. The van der Waals surface area contributed by atoms with Crippen LogP contribution in [0.2, 0.25) is 0 Å². The first-order valence-corrected chi connectivity index (χ1v) is 16.6. The number of rotatable bonds is 14. The molecule has 0 spiro atoms. The number of methoxy groups -OCH3 is 2. The fraction of sp³-hybridized carbons (Fsp3) is 0.412.